The molecule has 28 heavy (non-hydrogen) atoms. The molecule has 2 N–H and O–H groups in total. The van der Waals surface area contributed by atoms with E-state index in [4.69, 9.17) is 0 Å². The molecule has 8 nitrogen and oxygen atoms in total. The second-order valence-electron chi connectivity index (χ2n) is 6.34. The summed E-state index contributed by atoms with van der Waals surface area (Å²) in [5.41, 5.74) is 2.31. The van der Waals surface area contributed by atoms with Crippen molar-refractivity contribution in [2.75, 3.05) is 11.9 Å². The highest BCUT2D eigenvalue weighted by atomic mass is 32.2. The molecule has 1 heterocycles. The molecule has 0 radical (unpaired) electrons. The molecule has 0 atom stereocenters. The van der Waals surface area contributed by atoms with E-state index in [1.807, 2.05) is 13.8 Å². The zero-order valence-electron chi connectivity index (χ0n) is 15.8. The summed E-state index contributed by atoms with van der Waals surface area (Å²) in [6.45, 7) is 5.03. The minimum absolute atomic E-state index is 0.114. The Morgan fingerprint density at radius 2 is 1.96 bits per heavy atom. The molecule has 0 bridgehead atoms. The van der Waals surface area contributed by atoms with Gasteiger partial charge in [0.1, 0.15) is 5.52 Å². The highest BCUT2D eigenvalue weighted by Crippen LogP contribution is 2.18. The summed E-state index contributed by atoms with van der Waals surface area (Å²) < 4.78 is 29.0. The highest BCUT2D eigenvalue weighted by molar-refractivity contribution is 7.89. The standard InChI is InChI=1S/C19H23N5O3S/c1-3-5-11-20-28(26,27)16-8-6-7-15(13-16)21-19(25)14-9-10-18-17(12-14)22-23-24(18)4-2/h6-10,12-13,20H,3-5,11H2,1-2H3,(H,21,25). The van der Waals surface area contributed by atoms with Crippen LogP contribution in [0.15, 0.2) is 47.4 Å². The lowest BCUT2D eigenvalue weighted by molar-refractivity contribution is 0.102. The van der Waals surface area contributed by atoms with Gasteiger partial charge < -0.3 is 5.32 Å². The van der Waals surface area contributed by atoms with Gasteiger partial charge in [-0.15, -0.1) is 5.10 Å². The van der Waals surface area contributed by atoms with Gasteiger partial charge in [-0.25, -0.2) is 17.8 Å². The quantitative estimate of drug-likeness (QED) is 0.565. The number of unbranched alkanes of at least 4 members (excludes halogenated alkanes) is 1. The van der Waals surface area contributed by atoms with E-state index in [2.05, 4.69) is 20.4 Å². The predicted octanol–water partition coefficient (Wildman–Crippen LogP) is 2.78. The SMILES string of the molecule is CCCCNS(=O)(=O)c1cccc(NC(=O)c2ccc3c(c2)nnn3CC)c1. The molecule has 148 valence electrons. The van der Waals surface area contributed by atoms with Gasteiger partial charge in [-0.05, 0) is 49.7 Å². The minimum Gasteiger partial charge on any atom is -0.322 e. The van der Waals surface area contributed by atoms with Gasteiger partial charge in [0, 0.05) is 24.3 Å². The Bertz CT molecular complexity index is 1090. The second kappa shape index (κ2) is 8.49. The van der Waals surface area contributed by atoms with Crippen molar-refractivity contribution in [1.82, 2.24) is 19.7 Å². The van der Waals surface area contributed by atoms with E-state index >= 15 is 0 Å². The van der Waals surface area contributed by atoms with Crippen molar-refractivity contribution in [3.63, 3.8) is 0 Å². The van der Waals surface area contributed by atoms with E-state index in [1.54, 1.807) is 35.0 Å². The lowest BCUT2D eigenvalue weighted by Crippen LogP contribution is -2.24. The third-order valence-corrected chi connectivity index (χ3v) is 5.76. The molecule has 0 saturated heterocycles. The van der Waals surface area contributed by atoms with Crippen molar-refractivity contribution in [1.29, 1.82) is 0 Å². The van der Waals surface area contributed by atoms with Crippen LogP contribution in [0.2, 0.25) is 0 Å². The number of nitrogens with one attached hydrogen (secondary N) is 2. The Balaban J connectivity index is 1.77. The molecule has 3 rings (SSSR count). The number of aromatic nitrogens is 3. The summed E-state index contributed by atoms with van der Waals surface area (Å²) in [7, 11) is -3.61. The van der Waals surface area contributed by atoms with Crippen LogP contribution in [0.5, 0.6) is 0 Å². The van der Waals surface area contributed by atoms with E-state index < -0.39 is 10.0 Å². The third kappa shape index (κ3) is 4.37. The maximum absolute atomic E-state index is 12.6. The third-order valence-electron chi connectivity index (χ3n) is 4.30. The van der Waals surface area contributed by atoms with Crippen molar-refractivity contribution in [3.8, 4) is 0 Å². The number of sulfonamides is 1. The smallest absolute Gasteiger partial charge is 0.255 e. The monoisotopic (exact) mass is 401 g/mol. The number of nitrogens with zero attached hydrogens (tertiary/aromatic N) is 3. The summed E-state index contributed by atoms with van der Waals surface area (Å²) in [6.07, 6.45) is 1.66. The van der Waals surface area contributed by atoms with Gasteiger partial charge in [-0.1, -0.05) is 24.6 Å². The first-order valence-corrected chi connectivity index (χ1v) is 10.7. The van der Waals surface area contributed by atoms with Crippen LogP contribution in [0.4, 0.5) is 5.69 Å². The fourth-order valence-electron chi connectivity index (χ4n) is 2.76. The largest absolute Gasteiger partial charge is 0.322 e. The number of benzene rings is 2. The number of carbonyl (C=O) groups excluding carboxylic acids is 1. The molecular weight excluding hydrogens is 378 g/mol. The van der Waals surface area contributed by atoms with Crippen molar-refractivity contribution >= 4 is 32.7 Å². The van der Waals surface area contributed by atoms with Crippen molar-refractivity contribution in [2.45, 2.75) is 38.1 Å². The number of anilines is 1. The molecule has 0 aliphatic rings. The lowest BCUT2D eigenvalue weighted by atomic mass is 10.2. The fraction of sp³-hybridized carbons (Fsp3) is 0.316. The van der Waals surface area contributed by atoms with E-state index in [1.165, 1.54) is 12.1 Å². The Hall–Kier alpha value is -2.78. The molecule has 0 unspecified atom stereocenters. The summed E-state index contributed by atoms with van der Waals surface area (Å²) >= 11 is 0. The zero-order valence-corrected chi connectivity index (χ0v) is 16.7. The molecule has 2 aromatic carbocycles. The van der Waals surface area contributed by atoms with Crippen molar-refractivity contribution in [3.05, 3.63) is 48.0 Å². The van der Waals surface area contributed by atoms with E-state index in [9.17, 15) is 13.2 Å². The average Bonchev–Trinajstić information content (AvgIpc) is 3.10. The molecule has 0 fully saturated rings. The first kappa shape index (κ1) is 20.0. The number of aryl methyl sites for hydroxylation is 1. The van der Waals surface area contributed by atoms with E-state index in [0.717, 1.165) is 18.4 Å². The summed E-state index contributed by atoms with van der Waals surface area (Å²) in [6, 6.07) is 11.3. The Labute approximate surface area is 164 Å². The number of hydrogen-bond donors (Lipinski definition) is 2. The normalized spacial score (nSPS) is 11.6. The maximum Gasteiger partial charge on any atom is 0.255 e. The molecule has 1 aromatic heterocycles. The van der Waals surface area contributed by atoms with Gasteiger partial charge >= 0.3 is 0 Å². The van der Waals surface area contributed by atoms with Gasteiger partial charge in [-0.2, -0.15) is 0 Å². The summed E-state index contributed by atoms with van der Waals surface area (Å²) in [5, 5.41) is 10.8. The molecule has 0 saturated carbocycles. The molecule has 1 amide bonds. The minimum atomic E-state index is -3.61. The average molecular weight is 401 g/mol. The Morgan fingerprint density at radius 3 is 2.71 bits per heavy atom. The van der Waals surface area contributed by atoms with E-state index in [0.29, 0.717) is 29.9 Å². The van der Waals surface area contributed by atoms with Gasteiger partial charge in [0.05, 0.1) is 10.4 Å². The number of carbonyl (C=O) groups is 1. The van der Waals surface area contributed by atoms with Crippen LogP contribution in [0.3, 0.4) is 0 Å². The Kier molecular flexibility index (Phi) is 6.05. The van der Waals surface area contributed by atoms with Crippen LogP contribution in [0, 0.1) is 0 Å². The Morgan fingerprint density at radius 1 is 1.14 bits per heavy atom. The topological polar surface area (TPSA) is 106 Å². The first-order chi connectivity index (χ1) is 13.4. The lowest BCUT2D eigenvalue weighted by Gasteiger charge is -2.09. The van der Waals surface area contributed by atoms with Crippen LogP contribution < -0.4 is 10.0 Å². The van der Waals surface area contributed by atoms with Crippen LogP contribution >= 0.6 is 0 Å². The van der Waals surface area contributed by atoms with E-state index in [-0.39, 0.29) is 10.8 Å². The summed E-state index contributed by atoms with van der Waals surface area (Å²) in [5.74, 6) is -0.346. The first-order valence-electron chi connectivity index (χ1n) is 9.19. The van der Waals surface area contributed by atoms with Crippen LogP contribution in [-0.4, -0.2) is 35.9 Å². The van der Waals surface area contributed by atoms with Gasteiger partial charge in [0.25, 0.3) is 5.91 Å². The second-order valence-corrected chi connectivity index (χ2v) is 8.11. The maximum atomic E-state index is 12.6. The van der Waals surface area contributed by atoms with Gasteiger partial charge in [0.2, 0.25) is 10.0 Å². The van der Waals surface area contributed by atoms with Crippen molar-refractivity contribution in [2.24, 2.45) is 0 Å². The molecule has 3 aromatic rings. The molecular formula is C19H23N5O3S. The summed E-state index contributed by atoms with van der Waals surface area (Å²) in [4.78, 5) is 12.7. The molecule has 0 aliphatic heterocycles. The number of amides is 1. The van der Waals surface area contributed by atoms with Crippen LogP contribution in [0.1, 0.15) is 37.0 Å². The molecule has 0 aliphatic carbocycles. The molecule has 9 heteroatoms. The number of fused-ring (bicyclic) bond motifs is 1. The number of hydrogen-bond acceptors (Lipinski definition) is 5. The highest BCUT2D eigenvalue weighted by Gasteiger charge is 2.15. The van der Waals surface area contributed by atoms with Crippen LogP contribution in [-0.2, 0) is 16.6 Å². The molecule has 0 spiro atoms. The van der Waals surface area contributed by atoms with Gasteiger partial charge in [-0.3, -0.25) is 4.79 Å². The van der Waals surface area contributed by atoms with Crippen LogP contribution in [0.25, 0.3) is 11.0 Å². The zero-order chi connectivity index (χ0) is 20.1. The predicted molar refractivity (Wildman–Crippen MR) is 108 cm³/mol. The fourth-order valence-corrected chi connectivity index (χ4v) is 3.88. The van der Waals surface area contributed by atoms with Crippen molar-refractivity contribution < 1.29 is 13.2 Å². The van der Waals surface area contributed by atoms with Gasteiger partial charge in [0.15, 0.2) is 0 Å². The number of rotatable bonds is 8.